The fourth-order valence-corrected chi connectivity index (χ4v) is 2.58. The van der Waals surface area contributed by atoms with Crippen LogP contribution in [0.2, 0.25) is 0 Å². The van der Waals surface area contributed by atoms with Crippen molar-refractivity contribution in [1.29, 1.82) is 0 Å². The Labute approximate surface area is 183 Å². The molecule has 2 unspecified atom stereocenters. The number of hydrogen-bond acceptors (Lipinski definition) is 6. The van der Waals surface area contributed by atoms with Crippen molar-refractivity contribution in [3.05, 3.63) is 35.9 Å². The fourth-order valence-electron chi connectivity index (χ4n) is 2.58. The average molecular weight is 453 g/mol. The van der Waals surface area contributed by atoms with E-state index in [2.05, 4.69) is 16.0 Å². The number of alkyl carbamates (subject to hydrolysis) is 1. The monoisotopic (exact) mass is 453 g/mol. The summed E-state index contributed by atoms with van der Waals surface area (Å²) >= 11 is 0. The zero-order chi connectivity index (χ0) is 23.9. The van der Waals surface area contributed by atoms with Crippen molar-refractivity contribution in [1.82, 2.24) is 16.0 Å². The average Bonchev–Trinajstić information content (AvgIpc) is 2.74. The Kier molecular flexibility index (Phi) is 11.6. The van der Waals surface area contributed by atoms with Crippen molar-refractivity contribution < 1.29 is 44.0 Å². The van der Waals surface area contributed by atoms with Gasteiger partial charge in [0, 0.05) is 13.0 Å². The predicted molar refractivity (Wildman–Crippen MR) is 110 cm³/mol. The van der Waals surface area contributed by atoms with E-state index in [9.17, 15) is 29.1 Å². The molecular formula is C20H27N3O9. The molecule has 0 spiro atoms. The number of ether oxygens (including phenoxy) is 1. The number of unbranched alkanes of at least 4 members (excludes halogenated alkanes) is 1. The zero-order valence-electron chi connectivity index (χ0n) is 17.3. The lowest BCUT2D eigenvalue weighted by molar-refractivity contribution is -0.140. The van der Waals surface area contributed by atoms with Crippen molar-refractivity contribution in [3.8, 4) is 0 Å². The Morgan fingerprint density at radius 3 is 2.00 bits per heavy atom. The Balaban J connectivity index is 2.31. The van der Waals surface area contributed by atoms with Crippen LogP contribution in [0.3, 0.4) is 0 Å². The molecule has 3 amide bonds. The molecule has 0 heterocycles. The summed E-state index contributed by atoms with van der Waals surface area (Å²) in [5.74, 6) is -3.97. The molecule has 0 fully saturated rings. The third-order valence-electron chi connectivity index (χ3n) is 4.26. The van der Waals surface area contributed by atoms with Gasteiger partial charge in [-0.3, -0.25) is 4.79 Å². The highest BCUT2D eigenvalue weighted by Crippen LogP contribution is 2.04. The first-order valence-electron chi connectivity index (χ1n) is 9.88. The number of carbonyl (C=O) groups is 5. The van der Waals surface area contributed by atoms with Crippen molar-refractivity contribution >= 4 is 30.0 Å². The maximum atomic E-state index is 11.9. The van der Waals surface area contributed by atoms with Gasteiger partial charge in [0.25, 0.3) is 0 Å². The van der Waals surface area contributed by atoms with Crippen LogP contribution in [0.1, 0.15) is 37.7 Å². The largest absolute Gasteiger partial charge is 0.481 e. The molecule has 0 saturated carbocycles. The third-order valence-corrected chi connectivity index (χ3v) is 4.26. The molecule has 176 valence electrons. The molecule has 0 saturated heterocycles. The number of carboxylic acid groups (broad SMARTS) is 3. The molecule has 1 rings (SSSR count). The second-order valence-electron chi connectivity index (χ2n) is 6.82. The van der Waals surface area contributed by atoms with Gasteiger partial charge in [0.2, 0.25) is 0 Å². The standard InChI is InChI=1S/C20H27N3O9/c24-16(25)10-9-15(18(28)29)23-19(30)22-14(17(26)27)8-4-5-11-21-20(31)32-12-13-6-2-1-3-7-13/h1-3,6-7,14-15H,4-5,8-12H2,(H,21,31)(H,24,25)(H,26,27)(H,28,29)(H2,22,23,30). The van der Waals surface area contributed by atoms with Crippen molar-refractivity contribution in [2.75, 3.05) is 6.54 Å². The number of benzene rings is 1. The summed E-state index contributed by atoms with van der Waals surface area (Å²) in [4.78, 5) is 56.6. The van der Waals surface area contributed by atoms with Gasteiger partial charge >= 0.3 is 30.0 Å². The van der Waals surface area contributed by atoms with E-state index in [0.29, 0.717) is 12.8 Å². The van der Waals surface area contributed by atoms with Gasteiger partial charge < -0.3 is 36.0 Å². The van der Waals surface area contributed by atoms with Crippen molar-refractivity contribution in [2.24, 2.45) is 0 Å². The van der Waals surface area contributed by atoms with E-state index >= 15 is 0 Å². The van der Waals surface area contributed by atoms with Gasteiger partial charge in [-0.15, -0.1) is 0 Å². The molecule has 0 aromatic heterocycles. The van der Waals surface area contributed by atoms with Crippen LogP contribution in [0, 0.1) is 0 Å². The van der Waals surface area contributed by atoms with Gasteiger partial charge in [0.1, 0.15) is 18.7 Å². The summed E-state index contributed by atoms with van der Waals surface area (Å²) in [6.45, 7) is 0.360. The van der Waals surface area contributed by atoms with E-state index in [-0.39, 0.29) is 26.0 Å². The Morgan fingerprint density at radius 2 is 1.44 bits per heavy atom. The number of hydrogen-bond donors (Lipinski definition) is 6. The molecule has 1 aromatic rings. The quantitative estimate of drug-likeness (QED) is 0.224. The van der Waals surface area contributed by atoms with Crippen LogP contribution in [0.25, 0.3) is 0 Å². The van der Waals surface area contributed by atoms with Crippen molar-refractivity contribution in [3.63, 3.8) is 0 Å². The van der Waals surface area contributed by atoms with Crippen LogP contribution >= 0.6 is 0 Å². The van der Waals surface area contributed by atoms with E-state index in [4.69, 9.17) is 14.9 Å². The van der Waals surface area contributed by atoms with Crippen LogP contribution in [0.5, 0.6) is 0 Å². The molecule has 0 aliphatic rings. The molecule has 2 atom stereocenters. The van der Waals surface area contributed by atoms with Gasteiger partial charge in [-0.05, 0) is 31.2 Å². The fraction of sp³-hybridized carbons (Fsp3) is 0.450. The summed E-state index contributed by atoms with van der Waals surface area (Å²) in [7, 11) is 0. The van der Waals surface area contributed by atoms with E-state index in [1.165, 1.54) is 0 Å². The molecule has 0 radical (unpaired) electrons. The summed E-state index contributed by atoms with van der Waals surface area (Å²) in [6.07, 6.45) is -0.623. The summed E-state index contributed by atoms with van der Waals surface area (Å²) in [5.41, 5.74) is 0.837. The highest BCUT2D eigenvalue weighted by Gasteiger charge is 2.24. The minimum atomic E-state index is -1.47. The van der Waals surface area contributed by atoms with Crippen LogP contribution in [0.4, 0.5) is 9.59 Å². The lowest BCUT2D eigenvalue weighted by atomic mass is 10.1. The Bertz CT molecular complexity index is 786. The van der Waals surface area contributed by atoms with Crippen LogP contribution in [0.15, 0.2) is 30.3 Å². The molecule has 32 heavy (non-hydrogen) atoms. The van der Waals surface area contributed by atoms with E-state index in [0.717, 1.165) is 5.56 Å². The molecule has 0 aliphatic heterocycles. The number of nitrogens with one attached hydrogen (secondary N) is 3. The molecule has 1 aromatic carbocycles. The third kappa shape index (κ3) is 11.4. The first-order valence-corrected chi connectivity index (χ1v) is 9.88. The van der Waals surface area contributed by atoms with Crippen LogP contribution in [-0.2, 0) is 25.7 Å². The van der Waals surface area contributed by atoms with Gasteiger partial charge in [-0.25, -0.2) is 19.2 Å². The van der Waals surface area contributed by atoms with Crippen molar-refractivity contribution in [2.45, 2.75) is 50.8 Å². The highest BCUT2D eigenvalue weighted by atomic mass is 16.5. The Morgan fingerprint density at radius 1 is 0.844 bits per heavy atom. The number of carbonyl (C=O) groups excluding carboxylic acids is 2. The van der Waals surface area contributed by atoms with Gasteiger partial charge in [-0.1, -0.05) is 30.3 Å². The number of carboxylic acids is 3. The second kappa shape index (κ2) is 14.2. The maximum Gasteiger partial charge on any atom is 0.407 e. The lowest BCUT2D eigenvalue weighted by Crippen LogP contribution is -2.51. The lowest BCUT2D eigenvalue weighted by Gasteiger charge is -2.18. The smallest absolute Gasteiger partial charge is 0.407 e. The molecule has 0 aliphatic carbocycles. The Hall–Kier alpha value is -3.83. The number of amides is 3. The molecule has 0 bridgehead atoms. The van der Waals surface area contributed by atoms with Crippen LogP contribution in [-0.4, -0.2) is 64.0 Å². The molecule has 6 N–H and O–H groups in total. The van der Waals surface area contributed by atoms with E-state index < -0.39 is 48.5 Å². The molecular weight excluding hydrogens is 426 g/mol. The first kappa shape index (κ1) is 26.2. The normalized spacial score (nSPS) is 12.1. The maximum absolute atomic E-state index is 11.9. The van der Waals surface area contributed by atoms with E-state index in [1.54, 1.807) is 0 Å². The molecule has 12 nitrogen and oxygen atoms in total. The topological polar surface area (TPSA) is 191 Å². The SMILES string of the molecule is O=C(O)CCC(NC(=O)NC(CCCCNC(=O)OCc1ccccc1)C(=O)O)C(=O)O. The van der Waals surface area contributed by atoms with E-state index in [1.807, 2.05) is 30.3 Å². The minimum absolute atomic E-state index is 0.0381. The van der Waals surface area contributed by atoms with Gasteiger partial charge in [0.05, 0.1) is 0 Å². The van der Waals surface area contributed by atoms with Gasteiger partial charge in [0.15, 0.2) is 0 Å². The first-order chi connectivity index (χ1) is 15.2. The zero-order valence-corrected chi connectivity index (χ0v) is 17.3. The summed E-state index contributed by atoms with van der Waals surface area (Å²) in [5, 5.41) is 33.6. The number of urea groups is 1. The summed E-state index contributed by atoms with van der Waals surface area (Å²) < 4.78 is 5.04. The number of rotatable bonds is 14. The second-order valence-corrected chi connectivity index (χ2v) is 6.82. The summed E-state index contributed by atoms with van der Waals surface area (Å²) in [6, 6.07) is 5.33. The van der Waals surface area contributed by atoms with Gasteiger partial charge in [-0.2, -0.15) is 0 Å². The predicted octanol–water partition coefficient (Wildman–Crippen LogP) is 1.15. The molecule has 12 heteroatoms. The highest BCUT2D eigenvalue weighted by molar-refractivity contribution is 5.86. The number of aliphatic carboxylic acids is 3. The van der Waals surface area contributed by atoms with Crippen LogP contribution < -0.4 is 16.0 Å². The minimum Gasteiger partial charge on any atom is -0.481 e.